The number of nitrogens with one attached hydrogen (secondary N) is 1. The second-order valence-corrected chi connectivity index (χ2v) is 6.03. The zero-order valence-corrected chi connectivity index (χ0v) is 13.1. The summed E-state index contributed by atoms with van der Waals surface area (Å²) in [6.45, 7) is 4.01. The summed E-state index contributed by atoms with van der Waals surface area (Å²) in [6.07, 6.45) is 0. The van der Waals surface area contributed by atoms with Gasteiger partial charge in [-0.05, 0) is 37.1 Å². The van der Waals surface area contributed by atoms with E-state index >= 15 is 0 Å². The molecule has 21 heavy (non-hydrogen) atoms. The molecule has 2 aromatic carbocycles. The van der Waals surface area contributed by atoms with E-state index in [1.165, 1.54) is 11.8 Å². The molecule has 0 aliphatic rings. The Morgan fingerprint density at radius 3 is 2.67 bits per heavy atom. The lowest BCUT2D eigenvalue weighted by molar-refractivity contribution is -0.119. The van der Waals surface area contributed by atoms with E-state index in [4.69, 9.17) is 5.73 Å². The van der Waals surface area contributed by atoms with Crippen LogP contribution in [0.1, 0.15) is 24.1 Å². The maximum absolute atomic E-state index is 12.0. The number of amides is 1. The fourth-order valence-electron chi connectivity index (χ4n) is 2.02. The van der Waals surface area contributed by atoms with Gasteiger partial charge in [-0.1, -0.05) is 36.4 Å². The molecule has 1 atom stereocenters. The van der Waals surface area contributed by atoms with Gasteiger partial charge >= 0.3 is 0 Å². The molecule has 0 aliphatic carbocycles. The molecule has 0 aliphatic heterocycles. The summed E-state index contributed by atoms with van der Waals surface area (Å²) in [6, 6.07) is 15.7. The summed E-state index contributed by atoms with van der Waals surface area (Å²) in [5.41, 5.74) is 8.74. The number of nitrogen functional groups attached to an aromatic ring is 1. The van der Waals surface area contributed by atoms with E-state index in [1.54, 1.807) is 0 Å². The highest BCUT2D eigenvalue weighted by Crippen LogP contribution is 2.24. The third-order valence-corrected chi connectivity index (χ3v) is 4.41. The predicted octanol–water partition coefficient (Wildman–Crippen LogP) is 3.55. The van der Waals surface area contributed by atoms with Gasteiger partial charge in [0.2, 0.25) is 5.91 Å². The molecular formula is C17H20N2OS. The molecule has 0 radical (unpaired) electrons. The smallest absolute Gasteiger partial charge is 0.230 e. The number of aryl methyl sites for hydroxylation is 1. The van der Waals surface area contributed by atoms with Gasteiger partial charge in [0.1, 0.15) is 0 Å². The van der Waals surface area contributed by atoms with Crippen molar-refractivity contribution in [2.45, 2.75) is 24.8 Å². The van der Waals surface area contributed by atoms with Crippen LogP contribution in [0.3, 0.4) is 0 Å². The number of benzene rings is 2. The van der Waals surface area contributed by atoms with Crippen molar-refractivity contribution in [3.05, 3.63) is 59.7 Å². The van der Waals surface area contributed by atoms with Crippen LogP contribution >= 0.6 is 11.8 Å². The van der Waals surface area contributed by atoms with Crippen molar-refractivity contribution in [1.82, 2.24) is 5.32 Å². The fraction of sp³-hybridized carbons (Fsp3) is 0.235. The zero-order chi connectivity index (χ0) is 15.2. The summed E-state index contributed by atoms with van der Waals surface area (Å²) in [5.74, 6) is 0.416. The lowest BCUT2D eigenvalue weighted by atomic mass is 10.1. The first-order chi connectivity index (χ1) is 10.1. The Morgan fingerprint density at radius 2 is 1.95 bits per heavy atom. The van der Waals surface area contributed by atoms with Gasteiger partial charge in [0.15, 0.2) is 0 Å². The van der Waals surface area contributed by atoms with Crippen LogP contribution < -0.4 is 11.1 Å². The number of anilines is 1. The number of hydrogen-bond acceptors (Lipinski definition) is 3. The van der Waals surface area contributed by atoms with Crippen LogP contribution in [0.15, 0.2) is 53.4 Å². The minimum Gasteiger partial charge on any atom is -0.399 e. The van der Waals surface area contributed by atoms with Crippen LogP contribution in [-0.4, -0.2) is 11.7 Å². The molecule has 4 heteroatoms. The van der Waals surface area contributed by atoms with Crippen molar-refractivity contribution in [3.63, 3.8) is 0 Å². The highest BCUT2D eigenvalue weighted by Gasteiger charge is 2.10. The van der Waals surface area contributed by atoms with Gasteiger partial charge in [-0.15, -0.1) is 11.8 Å². The van der Waals surface area contributed by atoms with Crippen LogP contribution in [0.2, 0.25) is 0 Å². The fourth-order valence-corrected chi connectivity index (χ4v) is 2.91. The Bertz CT molecular complexity index is 613. The first kappa shape index (κ1) is 15.4. The molecule has 2 aromatic rings. The Hall–Kier alpha value is -1.94. The first-order valence-corrected chi connectivity index (χ1v) is 7.88. The van der Waals surface area contributed by atoms with Crippen molar-refractivity contribution in [2.24, 2.45) is 0 Å². The number of rotatable bonds is 5. The van der Waals surface area contributed by atoms with Crippen molar-refractivity contribution >= 4 is 23.4 Å². The second-order valence-electron chi connectivity index (χ2n) is 5.01. The lowest BCUT2D eigenvalue weighted by Crippen LogP contribution is -2.28. The third kappa shape index (κ3) is 4.53. The minimum atomic E-state index is 0.0150. The molecule has 0 fully saturated rings. The molecule has 2 rings (SSSR count). The van der Waals surface area contributed by atoms with Gasteiger partial charge in [0.05, 0.1) is 11.8 Å². The molecule has 3 N–H and O–H groups in total. The molecule has 0 saturated heterocycles. The van der Waals surface area contributed by atoms with Crippen LogP contribution in [0.4, 0.5) is 5.69 Å². The van der Waals surface area contributed by atoms with Gasteiger partial charge in [-0.3, -0.25) is 4.79 Å². The SMILES string of the molecule is Cc1ccc(N)cc1SCC(=O)NC(C)c1ccccc1. The molecule has 0 saturated carbocycles. The summed E-state index contributed by atoms with van der Waals surface area (Å²) < 4.78 is 0. The lowest BCUT2D eigenvalue weighted by Gasteiger charge is -2.14. The van der Waals surface area contributed by atoms with E-state index in [2.05, 4.69) is 5.32 Å². The maximum Gasteiger partial charge on any atom is 0.230 e. The Morgan fingerprint density at radius 1 is 1.24 bits per heavy atom. The maximum atomic E-state index is 12.0. The summed E-state index contributed by atoms with van der Waals surface area (Å²) in [4.78, 5) is 13.1. The van der Waals surface area contributed by atoms with E-state index < -0.39 is 0 Å². The number of nitrogens with two attached hydrogens (primary N) is 1. The van der Waals surface area contributed by atoms with Crippen molar-refractivity contribution in [3.8, 4) is 0 Å². The quantitative estimate of drug-likeness (QED) is 0.656. The van der Waals surface area contributed by atoms with E-state index in [0.717, 1.165) is 21.7 Å². The average molecular weight is 300 g/mol. The van der Waals surface area contributed by atoms with Gasteiger partial charge in [-0.25, -0.2) is 0 Å². The topological polar surface area (TPSA) is 55.1 Å². The van der Waals surface area contributed by atoms with Gasteiger partial charge in [0.25, 0.3) is 0 Å². The minimum absolute atomic E-state index is 0.0150. The van der Waals surface area contributed by atoms with Gasteiger partial charge < -0.3 is 11.1 Å². The molecule has 0 spiro atoms. The summed E-state index contributed by atoms with van der Waals surface area (Å²) in [7, 11) is 0. The van der Waals surface area contributed by atoms with Crippen molar-refractivity contribution in [1.29, 1.82) is 0 Å². The molecule has 3 nitrogen and oxygen atoms in total. The normalized spacial score (nSPS) is 11.9. The van der Waals surface area contributed by atoms with Crippen LogP contribution in [0.25, 0.3) is 0 Å². The second kappa shape index (κ2) is 7.18. The van der Waals surface area contributed by atoms with Gasteiger partial charge in [-0.2, -0.15) is 0 Å². The number of thioether (sulfide) groups is 1. The summed E-state index contributed by atoms with van der Waals surface area (Å²) >= 11 is 1.51. The van der Waals surface area contributed by atoms with Crippen LogP contribution in [0.5, 0.6) is 0 Å². The Kier molecular flexibility index (Phi) is 5.28. The standard InChI is InChI=1S/C17H20N2OS/c1-12-8-9-15(18)10-16(12)21-11-17(20)19-13(2)14-6-4-3-5-7-14/h3-10,13H,11,18H2,1-2H3,(H,19,20). The average Bonchev–Trinajstić information content (AvgIpc) is 2.49. The van der Waals surface area contributed by atoms with Crippen LogP contribution in [0, 0.1) is 6.92 Å². The molecule has 110 valence electrons. The van der Waals surface area contributed by atoms with Crippen LogP contribution in [-0.2, 0) is 4.79 Å². The Balaban J connectivity index is 1.89. The highest BCUT2D eigenvalue weighted by atomic mass is 32.2. The molecule has 1 unspecified atom stereocenters. The van der Waals surface area contributed by atoms with E-state index in [-0.39, 0.29) is 11.9 Å². The van der Waals surface area contributed by atoms with Crippen molar-refractivity contribution < 1.29 is 4.79 Å². The Labute approximate surface area is 129 Å². The van der Waals surface area contributed by atoms with Gasteiger partial charge in [0, 0.05) is 10.6 Å². The number of hydrogen-bond donors (Lipinski definition) is 2. The molecule has 1 amide bonds. The largest absolute Gasteiger partial charge is 0.399 e. The number of carbonyl (C=O) groups is 1. The monoisotopic (exact) mass is 300 g/mol. The first-order valence-electron chi connectivity index (χ1n) is 6.89. The number of carbonyl (C=O) groups excluding carboxylic acids is 1. The third-order valence-electron chi connectivity index (χ3n) is 3.25. The molecule has 0 bridgehead atoms. The van der Waals surface area contributed by atoms with E-state index in [0.29, 0.717) is 5.75 Å². The molecule has 0 heterocycles. The van der Waals surface area contributed by atoms with Crippen molar-refractivity contribution in [2.75, 3.05) is 11.5 Å². The van der Waals surface area contributed by atoms with E-state index in [1.807, 2.05) is 62.4 Å². The summed E-state index contributed by atoms with van der Waals surface area (Å²) in [5, 5.41) is 3.01. The highest BCUT2D eigenvalue weighted by molar-refractivity contribution is 8.00. The zero-order valence-electron chi connectivity index (χ0n) is 12.3. The van der Waals surface area contributed by atoms with E-state index in [9.17, 15) is 4.79 Å². The molecular weight excluding hydrogens is 280 g/mol. The predicted molar refractivity (Wildman–Crippen MR) is 89.3 cm³/mol. The molecule has 0 aromatic heterocycles.